The molecule has 4 nitrogen and oxygen atoms in total. The first-order valence-corrected chi connectivity index (χ1v) is 11.0. The number of benzene rings is 1. The van der Waals surface area contributed by atoms with Crippen molar-refractivity contribution in [3.05, 3.63) is 64.1 Å². The Morgan fingerprint density at radius 2 is 2.14 bits per heavy atom. The molecule has 0 bridgehead atoms. The molecule has 1 unspecified atom stereocenters. The Kier molecular flexibility index (Phi) is 5.91. The van der Waals surface area contributed by atoms with Gasteiger partial charge < -0.3 is 4.90 Å². The van der Waals surface area contributed by atoms with Crippen molar-refractivity contribution in [3.8, 4) is 11.1 Å². The van der Waals surface area contributed by atoms with E-state index in [2.05, 4.69) is 63.8 Å². The van der Waals surface area contributed by atoms with Gasteiger partial charge in [-0.15, -0.1) is 11.3 Å². The predicted octanol–water partition coefficient (Wildman–Crippen LogP) is 5.18. The summed E-state index contributed by atoms with van der Waals surface area (Å²) in [5.74, 6) is 0.616. The smallest absolute Gasteiger partial charge is 0.222 e. The molecule has 146 valence electrons. The average molecular weight is 394 g/mol. The number of carbonyl (C=O) groups excluding carboxylic acids is 1. The van der Waals surface area contributed by atoms with Gasteiger partial charge in [0.1, 0.15) is 0 Å². The van der Waals surface area contributed by atoms with Crippen molar-refractivity contribution in [2.24, 2.45) is 0 Å². The van der Waals surface area contributed by atoms with Gasteiger partial charge in [0.2, 0.25) is 5.91 Å². The van der Waals surface area contributed by atoms with Gasteiger partial charge in [0, 0.05) is 41.6 Å². The van der Waals surface area contributed by atoms with Gasteiger partial charge in [-0.25, -0.2) is 0 Å². The van der Waals surface area contributed by atoms with Crippen molar-refractivity contribution in [3.63, 3.8) is 0 Å². The van der Waals surface area contributed by atoms with E-state index in [1.165, 1.54) is 27.3 Å². The van der Waals surface area contributed by atoms with E-state index in [1.807, 2.05) is 6.20 Å². The predicted molar refractivity (Wildman–Crippen MR) is 115 cm³/mol. The first-order valence-electron chi connectivity index (χ1n) is 10.1. The summed E-state index contributed by atoms with van der Waals surface area (Å²) in [4.78, 5) is 16.2. The topological polar surface area (TPSA) is 49.0 Å². The molecule has 1 aliphatic rings. The van der Waals surface area contributed by atoms with Crippen LogP contribution < -0.4 is 0 Å². The fourth-order valence-corrected chi connectivity index (χ4v) is 4.91. The summed E-state index contributed by atoms with van der Waals surface area (Å²) >= 11 is 1.77. The second-order valence-electron chi connectivity index (χ2n) is 7.62. The van der Waals surface area contributed by atoms with Crippen LogP contribution in [-0.2, 0) is 11.2 Å². The van der Waals surface area contributed by atoms with Gasteiger partial charge in [-0.05, 0) is 55.2 Å². The molecule has 1 fully saturated rings. The minimum Gasteiger partial charge on any atom is -0.342 e. The Balaban J connectivity index is 1.41. The van der Waals surface area contributed by atoms with E-state index < -0.39 is 0 Å². The minimum atomic E-state index is 0.290. The van der Waals surface area contributed by atoms with Crippen LogP contribution in [0.5, 0.6) is 0 Å². The molecular weight excluding hydrogens is 366 g/mol. The zero-order valence-electron chi connectivity index (χ0n) is 16.4. The van der Waals surface area contributed by atoms with E-state index in [1.54, 1.807) is 11.3 Å². The number of carbonyl (C=O) groups is 1. The highest BCUT2D eigenvalue weighted by molar-refractivity contribution is 7.09. The fraction of sp³-hybridized carbons (Fsp3) is 0.391. The number of aromatic amines is 1. The number of likely N-dealkylation sites (tertiary alicyclic amines) is 1. The summed E-state index contributed by atoms with van der Waals surface area (Å²) in [5.41, 5.74) is 4.83. The molecule has 1 aliphatic heterocycles. The van der Waals surface area contributed by atoms with Crippen molar-refractivity contribution in [2.75, 3.05) is 13.1 Å². The van der Waals surface area contributed by atoms with Gasteiger partial charge in [0.15, 0.2) is 0 Å². The van der Waals surface area contributed by atoms with Crippen LogP contribution in [0.15, 0.2) is 48.0 Å². The molecule has 4 rings (SSSR count). The molecule has 1 aromatic carbocycles. The molecule has 1 amide bonds. The Morgan fingerprint density at radius 1 is 1.25 bits per heavy atom. The van der Waals surface area contributed by atoms with Crippen LogP contribution in [0.3, 0.4) is 0 Å². The van der Waals surface area contributed by atoms with Crippen molar-refractivity contribution in [1.29, 1.82) is 0 Å². The van der Waals surface area contributed by atoms with Crippen LogP contribution in [-0.4, -0.2) is 34.1 Å². The van der Waals surface area contributed by atoms with Crippen LogP contribution >= 0.6 is 11.3 Å². The van der Waals surface area contributed by atoms with Crippen LogP contribution in [0.25, 0.3) is 11.1 Å². The van der Waals surface area contributed by atoms with Gasteiger partial charge in [0.05, 0.1) is 6.20 Å². The lowest BCUT2D eigenvalue weighted by Gasteiger charge is -2.33. The number of H-pyrrole nitrogens is 1. The largest absolute Gasteiger partial charge is 0.342 e. The number of aromatic nitrogens is 2. The first-order chi connectivity index (χ1) is 13.7. The highest BCUT2D eigenvalue weighted by Crippen LogP contribution is 2.34. The lowest BCUT2D eigenvalue weighted by molar-refractivity contribution is -0.132. The maximum atomic E-state index is 12.8. The molecule has 28 heavy (non-hydrogen) atoms. The van der Waals surface area contributed by atoms with Crippen LogP contribution in [0.2, 0.25) is 0 Å². The Hall–Kier alpha value is -2.40. The number of hydrogen-bond acceptors (Lipinski definition) is 3. The molecular formula is C23H27N3OS. The molecule has 5 heteroatoms. The quantitative estimate of drug-likeness (QED) is 0.628. The molecule has 0 spiro atoms. The number of aryl methyl sites for hydroxylation is 2. The van der Waals surface area contributed by atoms with Gasteiger partial charge in [-0.1, -0.05) is 30.3 Å². The van der Waals surface area contributed by atoms with E-state index >= 15 is 0 Å². The summed E-state index contributed by atoms with van der Waals surface area (Å²) in [5, 5.41) is 9.67. The molecule has 1 atom stereocenters. The van der Waals surface area contributed by atoms with Crippen LogP contribution in [0, 0.1) is 6.92 Å². The van der Waals surface area contributed by atoms with E-state index in [0.29, 0.717) is 18.2 Å². The zero-order valence-corrected chi connectivity index (χ0v) is 17.2. The Bertz CT molecular complexity index is 916. The summed E-state index contributed by atoms with van der Waals surface area (Å²) < 4.78 is 0. The van der Waals surface area contributed by atoms with E-state index in [0.717, 1.165) is 38.8 Å². The molecule has 0 aliphatic carbocycles. The Morgan fingerprint density at radius 3 is 2.96 bits per heavy atom. The standard InChI is InChI=1S/C23H27N3OS/c1-17-7-2-3-11-20(17)21-15-24-25-23(21)18-8-5-13-26(16-18)22(27)12-4-9-19-10-6-14-28-19/h2-3,6-7,10-11,14-15,18H,4-5,8-9,12-13,16H2,1H3,(H,24,25). The Labute approximate surface area is 170 Å². The highest BCUT2D eigenvalue weighted by Gasteiger charge is 2.27. The second-order valence-corrected chi connectivity index (χ2v) is 8.66. The van der Waals surface area contributed by atoms with E-state index in [4.69, 9.17) is 0 Å². The van der Waals surface area contributed by atoms with Crippen LogP contribution in [0.1, 0.15) is 47.7 Å². The van der Waals surface area contributed by atoms with Crippen molar-refractivity contribution in [1.82, 2.24) is 15.1 Å². The monoisotopic (exact) mass is 393 g/mol. The lowest BCUT2D eigenvalue weighted by atomic mass is 9.89. The number of nitrogens with one attached hydrogen (secondary N) is 1. The molecule has 0 saturated carbocycles. The molecule has 3 heterocycles. The summed E-state index contributed by atoms with van der Waals surface area (Å²) in [6.07, 6.45) is 6.64. The SMILES string of the molecule is Cc1ccccc1-c1cn[nH]c1C1CCCN(C(=O)CCCc2cccs2)C1. The van der Waals surface area contributed by atoms with Gasteiger partial charge in [-0.3, -0.25) is 9.89 Å². The third kappa shape index (κ3) is 4.20. The molecule has 0 radical (unpaired) electrons. The number of amides is 1. The first kappa shape index (κ1) is 18.9. The number of hydrogen-bond donors (Lipinski definition) is 1. The van der Waals surface area contributed by atoms with Gasteiger partial charge >= 0.3 is 0 Å². The van der Waals surface area contributed by atoms with Crippen molar-refractivity contribution >= 4 is 17.2 Å². The molecule has 3 aromatic rings. The highest BCUT2D eigenvalue weighted by atomic mass is 32.1. The molecule has 1 saturated heterocycles. The third-order valence-corrected chi connectivity index (χ3v) is 6.62. The van der Waals surface area contributed by atoms with E-state index in [9.17, 15) is 4.79 Å². The minimum absolute atomic E-state index is 0.290. The summed E-state index contributed by atoms with van der Waals surface area (Å²) in [6.45, 7) is 3.80. The summed E-state index contributed by atoms with van der Waals surface area (Å²) in [6, 6.07) is 12.7. The van der Waals surface area contributed by atoms with Crippen LogP contribution in [0.4, 0.5) is 0 Å². The normalized spacial score (nSPS) is 17.0. The molecule has 1 N–H and O–H groups in total. The maximum absolute atomic E-state index is 12.8. The van der Waals surface area contributed by atoms with E-state index in [-0.39, 0.29) is 0 Å². The number of piperidine rings is 1. The van der Waals surface area contributed by atoms with Gasteiger partial charge in [0.25, 0.3) is 0 Å². The van der Waals surface area contributed by atoms with Crippen molar-refractivity contribution in [2.45, 2.75) is 44.9 Å². The number of nitrogens with zero attached hydrogens (tertiary/aromatic N) is 2. The fourth-order valence-electron chi connectivity index (χ4n) is 4.16. The summed E-state index contributed by atoms with van der Waals surface area (Å²) in [7, 11) is 0. The second kappa shape index (κ2) is 8.74. The third-order valence-electron chi connectivity index (χ3n) is 5.68. The zero-order chi connectivity index (χ0) is 19.3. The maximum Gasteiger partial charge on any atom is 0.222 e. The number of thiophene rings is 1. The number of rotatable bonds is 6. The molecule has 2 aromatic heterocycles. The van der Waals surface area contributed by atoms with Crippen molar-refractivity contribution < 1.29 is 4.79 Å². The lowest BCUT2D eigenvalue weighted by Crippen LogP contribution is -2.39. The van der Waals surface area contributed by atoms with Gasteiger partial charge in [-0.2, -0.15) is 5.10 Å². The average Bonchev–Trinajstić information content (AvgIpc) is 3.40.